The molecule has 0 spiro atoms. The van der Waals surface area contributed by atoms with Gasteiger partial charge in [-0.25, -0.2) is 4.98 Å². The highest BCUT2D eigenvalue weighted by atomic mass is 28.4. The van der Waals surface area contributed by atoms with Crippen molar-refractivity contribution in [3.8, 4) is 0 Å². The molecule has 0 saturated heterocycles. The Labute approximate surface area is 173 Å². The molecule has 0 bridgehead atoms. The van der Waals surface area contributed by atoms with E-state index in [0.717, 1.165) is 5.56 Å². The Balaban J connectivity index is 1.84. The van der Waals surface area contributed by atoms with Crippen molar-refractivity contribution in [2.45, 2.75) is 45.4 Å². The van der Waals surface area contributed by atoms with Crippen LogP contribution < -0.4 is 10.9 Å². The smallest absolute Gasteiger partial charge is 0.263 e. The van der Waals surface area contributed by atoms with E-state index in [-0.39, 0.29) is 10.6 Å². The molecule has 1 aromatic heterocycles. The normalized spacial score (nSPS) is 12.3. The highest BCUT2D eigenvalue weighted by Crippen LogP contribution is 2.36. The number of hydrogen-bond acceptors (Lipinski definition) is 4. The first-order valence-electron chi connectivity index (χ1n) is 10.1. The molecule has 29 heavy (non-hydrogen) atoms. The van der Waals surface area contributed by atoms with Crippen molar-refractivity contribution < 1.29 is 4.43 Å². The molecule has 1 N–H and O–H groups in total. The van der Waals surface area contributed by atoms with Gasteiger partial charge in [0, 0.05) is 6.54 Å². The molecule has 3 aromatic rings. The van der Waals surface area contributed by atoms with E-state index in [0.29, 0.717) is 36.5 Å². The quantitative estimate of drug-likeness (QED) is 0.446. The first-order chi connectivity index (χ1) is 13.7. The fourth-order valence-corrected chi connectivity index (χ4v) is 3.95. The van der Waals surface area contributed by atoms with Crippen LogP contribution in [0.15, 0.2) is 59.4 Å². The van der Waals surface area contributed by atoms with Crippen LogP contribution >= 0.6 is 0 Å². The Morgan fingerprint density at radius 2 is 1.69 bits per heavy atom. The van der Waals surface area contributed by atoms with Crippen molar-refractivity contribution >= 4 is 25.2 Å². The maximum Gasteiger partial charge on any atom is 0.263 e. The zero-order valence-corrected chi connectivity index (χ0v) is 19.0. The standard InChI is InChI=1S/C23H31N3O2Si/c1-23(2,3)29(4,5)28-16-15-24-22-25-20-14-10-9-13-19(20)21(27)26(22)17-18-11-7-6-8-12-18/h6-14H,15-17H2,1-5H3,(H,24,25). The van der Waals surface area contributed by atoms with Gasteiger partial charge < -0.3 is 9.74 Å². The maximum absolute atomic E-state index is 13.1. The lowest BCUT2D eigenvalue weighted by molar-refractivity contribution is 0.301. The fourth-order valence-electron chi connectivity index (χ4n) is 2.90. The van der Waals surface area contributed by atoms with Crippen LogP contribution in [0.1, 0.15) is 26.3 Å². The van der Waals surface area contributed by atoms with Crippen molar-refractivity contribution in [1.82, 2.24) is 9.55 Å². The van der Waals surface area contributed by atoms with Crippen LogP contribution in [-0.2, 0) is 11.0 Å². The van der Waals surface area contributed by atoms with Gasteiger partial charge in [0.15, 0.2) is 8.32 Å². The van der Waals surface area contributed by atoms with Crippen molar-refractivity contribution in [2.75, 3.05) is 18.5 Å². The monoisotopic (exact) mass is 409 g/mol. The van der Waals surface area contributed by atoms with E-state index in [1.54, 1.807) is 4.57 Å². The molecule has 3 rings (SSSR count). The van der Waals surface area contributed by atoms with E-state index in [1.807, 2.05) is 54.6 Å². The lowest BCUT2D eigenvalue weighted by atomic mass is 10.2. The van der Waals surface area contributed by atoms with Gasteiger partial charge in [-0.15, -0.1) is 0 Å². The number of fused-ring (bicyclic) bond motifs is 1. The zero-order chi connectivity index (χ0) is 21.1. The number of benzene rings is 2. The molecule has 1 heterocycles. The number of aromatic nitrogens is 2. The van der Waals surface area contributed by atoms with Gasteiger partial charge in [0.2, 0.25) is 5.95 Å². The Bertz CT molecular complexity index is 1020. The minimum absolute atomic E-state index is 0.0349. The van der Waals surface area contributed by atoms with Crippen molar-refractivity contribution in [1.29, 1.82) is 0 Å². The first-order valence-corrected chi connectivity index (χ1v) is 13.0. The maximum atomic E-state index is 13.1. The summed E-state index contributed by atoms with van der Waals surface area (Å²) in [7, 11) is -1.80. The summed E-state index contributed by atoms with van der Waals surface area (Å²) < 4.78 is 7.97. The molecular weight excluding hydrogens is 378 g/mol. The molecule has 154 valence electrons. The lowest BCUT2D eigenvalue weighted by Gasteiger charge is -2.36. The van der Waals surface area contributed by atoms with E-state index in [2.05, 4.69) is 39.2 Å². The Kier molecular flexibility index (Phi) is 6.24. The van der Waals surface area contributed by atoms with Gasteiger partial charge in [-0.1, -0.05) is 63.2 Å². The predicted molar refractivity (Wildman–Crippen MR) is 123 cm³/mol. The molecule has 0 radical (unpaired) electrons. The van der Waals surface area contributed by atoms with Crippen molar-refractivity contribution in [3.63, 3.8) is 0 Å². The SMILES string of the molecule is CC(C)(C)[Si](C)(C)OCCNc1nc2ccccc2c(=O)n1Cc1ccccc1. The summed E-state index contributed by atoms with van der Waals surface area (Å²) in [4.78, 5) is 17.9. The summed E-state index contributed by atoms with van der Waals surface area (Å²) in [6, 6.07) is 17.5. The predicted octanol–water partition coefficient (Wildman–Crippen LogP) is 4.88. The molecule has 2 aromatic carbocycles. The molecular formula is C23H31N3O2Si. The third-order valence-electron chi connectivity index (χ3n) is 5.70. The summed E-state index contributed by atoms with van der Waals surface area (Å²) in [5.74, 6) is 0.580. The first kappa shape index (κ1) is 21.3. The number of anilines is 1. The van der Waals surface area contributed by atoms with Gasteiger partial charge in [0.05, 0.1) is 24.1 Å². The third kappa shape index (κ3) is 4.94. The van der Waals surface area contributed by atoms with Gasteiger partial charge in [-0.05, 0) is 35.8 Å². The average molecular weight is 410 g/mol. The molecule has 0 fully saturated rings. The van der Waals surface area contributed by atoms with Gasteiger partial charge in [0.1, 0.15) is 0 Å². The average Bonchev–Trinajstić information content (AvgIpc) is 2.68. The summed E-state index contributed by atoms with van der Waals surface area (Å²) >= 11 is 0. The minimum atomic E-state index is -1.80. The molecule has 6 heteroatoms. The van der Waals surface area contributed by atoms with Crippen LogP contribution in [0.25, 0.3) is 10.9 Å². The van der Waals surface area contributed by atoms with Crippen LogP contribution in [0.3, 0.4) is 0 Å². The second kappa shape index (κ2) is 8.51. The van der Waals surface area contributed by atoms with E-state index in [1.165, 1.54) is 0 Å². The van der Waals surface area contributed by atoms with Crippen molar-refractivity contribution in [3.05, 3.63) is 70.5 Å². The second-order valence-corrected chi connectivity index (χ2v) is 13.7. The van der Waals surface area contributed by atoms with E-state index in [9.17, 15) is 4.79 Å². The summed E-state index contributed by atoms with van der Waals surface area (Å²) in [6.07, 6.45) is 0. The van der Waals surface area contributed by atoms with Crippen LogP contribution in [-0.4, -0.2) is 31.0 Å². The molecule has 0 aliphatic rings. The Morgan fingerprint density at radius 1 is 1.03 bits per heavy atom. The second-order valence-electron chi connectivity index (χ2n) is 8.87. The topological polar surface area (TPSA) is 56.1 Å². The number of nitrogens with zero attached hydrogens (tertiary/aromatic N) is 2. The molecule has 0 atom stereocenters. The zero-order valence-electron chi connectivity index (χ0n) is 18.0. The van der Waals surface area contributed by atoms with E-state index in [4.69, 9.17) is 9.41 Å². The molecule has 5 nitrogen and oxygen atoms in total. The van der Waals surface area contributed by atoms with Crippen LogP contribution in [0, 0.1) is 0 Å². The minimum Gasteiger partial charge on any atom is -0.415 e. The van der Waals surface area contributed by atoms with Gasteiger partial charge in [-0.3, -0.25) is 9.36 Å². The Morgan fingerprint density at radius 3 is 2.38 bits per heavy atom. The largest absolute Gasteiger partial charge is 0.415 e. The van der Waals surface area contributed by atoms with Crippen molar-refractivity contribution in [2.24, 2.45) is 0 Å². The molecule has 0 aliphatic heterocycles. The van der Waals surface area contributed by atoms with Crippen LogP contribution in [0.2, 0.25) is 18.1 Å². The summed E-state index contributed by atoms with van der Waals surface area (Å²) in [5, 5.41) is 4.14. The number of hydrogen-bond donors (Lipinski definition) is 1. The van der Waals surface area contributed by atoms with Crippen LogP contribution in [0.4, 0.5) is 5.95 Å². The lowest BCUT2D eigenvalue weighted by Crippen LogP contribution is -2.42. The third-order valence-corrected chi connectivity index (χ3v) is 10.2. The highest BCUT2D eigenvalue weighted by molar-refractivity contribution is 6.74. The van der Waals surface area contributed by atoms with E-state index >= 15 is 0 Å². The fraction of sp³-hybridized carbons (Fsp3) is 0.391. The highest BCUT2D eigenvalue weighted by Gasteiger charge is 2.36. The number of rotatable bonds is 7. The number of para-hydroxylation sites is 1. The molecule has 0 unspecified atom stereocenters. The molecule has 0 aliphatic carbocycles. The molecule has 0 amide bonds. The van der Waals surface area contributed by atoms with Gasteiger partial charge >= 0.3 is 0 Å². The van der Waals surface area contributed by atoms with E-state index < -0.39 is 8.32 Å². The summed E-state index contributed by atoms with van der Waals surface area (Å²) in [6.45, 7) is 12.8. The van der Waals surface area contributed by atoms with Crippen LogP contribution in [0.5, 0.6) is 0 Å². The Hall–Kier alpha value is -2.44. The summed E-state index contributed by atoms with van der Waals surface area (Å²) in [5.41, 5.74) is 1.73. The van der Waals surface area contributed by atoms with Gasteiger partial charge in [-0.2, -0.15) is 0 Å². The number of nitrogens with one attached hydrogen (secondary N) is 1. The van der Waals surface area contributed by atoms with Gasteiger partial charge in [0.25, 0.3) is 5.56 Å². The molecule has 0 saturated carbocycles.